The summed E-state index contributed by atoms with van der Waals surface area (Å²) in [6.07, 6.45) is 0. The number of halogens is 1. The van der Waals surface area contributed by atoms with Gasteiger partial charge in [-0.3, -0.25) is 14.4 Å². The minimum atomic E-state index is -0.495. The van der Waals surface area contributed by atoms with Crippen LogP contribution < -0.4 is 16.0 Å². The van der Waals surface area contributed by atoms with E-state index >= 15 is 0 Å². The van der Waals surface area contributed by atoms with Crippen molar-refractivity contribution >= 4 is 39.3 Å². The topological polar surface area (TPSA) is 100 Å². The number of amides is 3. The van der Waals surface area contributed by atoms with E-state index in [-0.39, 0.29) is 18.2 Å². The van der Waals surface area contributed by atoms with E-state index in [9.17, 15) is 14.4 Å². The van der Waals surface area contributed by atoms with E-state index in [2.05, 4.69) is 31.9 Å². The molecule has 0 saturated heterocycles. The maximum atomic E-state index is 11.8. The fourth-order valence-corrected chi connectivity index (χ4v) is 2.08. The minimum Gasteiger partial charge on any atom is -0.444 e. The van der Waals surface area contributed by atoms with E-state index in [1.165, 1.54) is 13.1 Å². The van der Waals surface area contributed by atoms with Crippen LogP contribution in [-0.2, 0) is 4.79 Å². The first kappa shape index (κ1) is 16.8. The highest BCUT2D eigenvalue weighted by atomic mass is 79.9. The lowest BCUT2D eigenvalue weighted by atomic mass is 10.2. The van der Waals surface area contributed by atoms with E-state index in [4.69, 9.17) is 4.42 Å². The van der Waals surface area contributed by atoms with E-state index in [0.29, 0.717) is 15.9 Å². The SMILES string of the molecule is CNC(=O)c1cccc(NC(=O)CNC(=O)c2ccc(Br)o2)c1. The molecule has 0 radical (unpaired) electrons. The van der Waals surface area contributed by atoms with Gasteiger partial charge in [0.2, 0.25) is 5.91 Å². The summed E-state index contributed by atoms with van der Waals surface area (Å²) in [5.41, 5.74) is 0.890. The Bertz CT molecular complexity index is 742. The number of carbonyl (C=O) groups is 3. The molecule has 1 aromatic carbocycles. The van der Waals surface area contributed by atoms with Gasteiger partial charge in [0.1, 0.15) is 0 Å². The van der Waals surface area contributed by atoms with Gasteiger partial charge in [0.05, 0.1) is 6.54 Å². The molecule has 0 aliphatic heterocycles. The molecule has 1 heterocycles. The highest BCUT2D eigenvalue weighted by Crippen LogP contribution is 2.13. The second-order valence-corrected chi connectivity index (χ2v) is 5.28. The Hall–Kier alpha value is -2.61. The van der Waals surface area contributed by atoms with Crippen molar-refractivity contribution in [3.63, 3.8) is 0 Å². The minimum absolute atomic E-state index is 0.103. The van der Waals surface area contributed by atoms with Crippen LogP contribution in [0.2, 0.25) is 0 Å². The first-order valence-corrected chi connectivity index (χ1v) is 7.44. The van der Waals surface area contributed by atoms with Gasteiger partial charge in [0.15, 0.2) is 10.4 Å². The second-order valence-electron chi connectivity index (χ2n) is 4.49. The Kier molecular flexibility index (Phi) is 5.53. The van der Waals surface area contributed by atoms with E-state index < -0.39 is 11.8 Å². The number of carbonyl (C=O) groups excluding carboxylic acids is 3. The Morgan fingerprint density at radius 1 is 1.13 bits per heavy atom. The maximum absolute atomic E-state index is 11.8. The Labute approximate surface area is 140 Å². The molecule has 0 bridgehead atoms. The number of hydrogen-bond donors (Lipinski definition) is 3. The predicted molar refractivity (Wildman–Crippen MR) is 87.2 cm³/mol. The Morgan fingerprint density at radius 3 is 2.57 bits per heavy atom. The Balaban J connectivity index is 1.90. The van der Waals surface area contributed by atoms with Crippen molar-refractivity contribution < 1.29 is 18.8 Å². The average Bonchev–Trinajstić information content (AvgIpc) is 2.98. The van der Waals surface area contributed by atoms with Gasteiger partial charge in [-0.05, 0) is 46.3 Å². The average molecular weight is 380 g/mol. The van der Waals surface area contributed by atoms with Crippen molar-refractivity contribution in [2.24, 2.45) is 0 Å². The van der Waals surface area contributed by atoms with Crippen LogP contribution in [0.1, 0.15) is 20.9 Å². The molecule has 0 aliphatic rings. The summed E-state index contributed by atoms with van der Waals surface area (Å²) in [5.74, 6) is -1.06. The number of anilines is 1. The van der Waals surface area contributed by atoms with Gasteiger partial charge in [-0.1, -0.05) is 6.07 Å². The smallest absolute Gasteiger partial charge is 0.287 e. The van der Waals surface area contributed by atoms with Gasteiger partial charge in [-0.25, -0.2) is 0 Å². The third-order valence-electron chi connectivity index (χ3n) is 2.84. The lowest BCUT2D eigenvalue weighted by Crippen LogP contribution is -2.32. The summed E-state index contributed by atoms with van der Waals surface area (Å²) in [5, 5.41) is 7.53. The van der Waals surface area contributed by atoms with Crippen LogP contribution in [-0.4, -0.2) is 31.3 Å². The number of nitrogens with one attached hydrogen (secondary N) is 3. The third kappa shape index (κ3) is 4.68. The lowest BCUT2D eigenvalue weighted by Gasteiger charge is -2.07. The molecule has 2 aromatic rings. The van der Waals surface area contributed by atoms with Crippen LogP contribution in [0.15, 0.2) is 45.5 Å². The van der Waals surface area contributed by atoms with Gasteiger partial charge < -0.3 is 20.4 Å². The molecule has 8 heteroatoms. The second kappa shape index (κ2) is 7.59. The van der Waals surface area contributed by atoms with Crippen LogP contribution in [0, 0.1) is 0 Å². The predicted octanol–water partition coefficient (Wildman–Crippen LogP) is 1.77. The van der Waals surface area contributed by atoms with Gasteiger partial charge in [-0.2, -0.15) is 0 Å². The molecule has 3 N–H and O–H groups in total. The summed E-state index contributed by atoms with van der Waals surface area (Å²) in [4.78, 5) is 35.1. The van der Waals surface area contributed by atoms with Gasteiger partial charge in [-0.15, -0.1) is 0 Å². The standard InChI is InChI=1S/C15H14BrN3O4/c1-17-14(21)9-3-2-4-10(7-9)19-13(20)8-18-15(22)11-5-6-12(16)23-11/h2-7H,8H2,1H3,(H,17,21)(H,18,22)(H,19,20). The largest absolute Gasteiger partial charge is 0.444 e. The molecule has 23 heavy (non-hydrogen) atoms. The third-order valence-corrected chi connectivity index (χ3v) is 3.27. The molecule has 0 fully saturated rings. The molecule has 2 rings (SSSR count). The molecule has 3 amide bonds. The normalized spacial score (nSPS) is 10.0. The molecule has 7 nitrogen and oxygen atoms in total. The number of rotatable bonds is 5. The molecule has 0 unspecified atom stereocenters. The van der Waals surface area contributed by atoms with E-state index in [1.54, 1.807) is 30.3 Å². The highest BCUT2D eigenvalue weighted by molar-refractivity contribution is 9.10. The van der Waals surface area contributed by atoms with Crippen molar-refractivity contribution in [3.8, 4) is 0 Å². The van der Waals surface area contributed by atoms with Crippen LogP contribution in [0.25, 0.3) is 0 Å². The maximum Gasteiger partial charge on any atom is 0.287 e. The van der Waals surface area contributed by atoms with Crippen molar-refractivity contribution in [1.29, 1.82) is 0 Å². The Morgan fingerprint density at radius 2 is 1.91 bits per heavy atom. The van der Waals surface area contributed by atoms with Crippen LogP contribution in [0.5, 0.6) is 0 Å². The molecule has 0 atom stereocenters. The summed E-state index contributed by atoms with van der Waals surface area (Å²) in [6, 6.07) is 9.55. The van der Waals surface area contributed by atoms with E-state index in [0.717, 1.165) is 0 Å². The van der Waals surface area contributed by atoms with Gasteiger partial charge in [0, 0.05) is 18.3 Å². The summed E-state index contributed by atoms with van der Waals surface area (Å²) in [6.45, 7) is -0.221. The van der Waals surface area contributed by atoms with Crippen LogP contribution in [0.4, 0.5) is 5.69 Å². The first-order valence-electron chi connectivity index (χ1n) is 6.65. The molecule has 120 valence electrons. The number of hydrogen-bond acceptors (Lipinski definition) is 4. The number of furan rings is 1. The summed E-state index contributed by atoms with van der Waals surface area (Å²) >= 11 is 3.09. The first-order chi connectivity index (χ1) is 11.0. The van der Waals surface area contributed by atoms with Crippen molar-refractivity contribution in [2.45, 2.75) is 0 Å². The zero-order valence-corrected chi connectivity index (χ0v) is 13.8. The highest BCUT2D eigenvalue weighted by Gasteiger charge is 2.12. The molecule has 0 aliphatic carbocycles. The zero-order chi connectivity index (χ0) is 16.8. The fourth-order valence-electron chi connectivity index (χ4n) is 1.77. The number of benzene rings is 1. The molecule has 0 saturated carbocycles. The molecule has 0 spiro atoms. The molecular weight excluding hydrogens is 366 g/mol. The fraction of sp³-hybridized carbons (Fsp3) is 0.133. The quantitative estimate of drug-likeness (QED) is 0.736. The van der Waals surface area contributed by atoms with Crippen molar-refractivity contribution in [1.82, 2.24) is 10.6 Å². The zero-order valence-electron chi connectivity index (χ0n) is 12.2. The monoisotopic (exact) mass is 379 g/mol. The van der Waals surface area contributed by atoms with Crippen molar-refractivity contribution in [3.05, 3.63) is 52.4 Å². The van der Waals surface area contributed by atoms with Crippen LogP contribution in [0.3, 0.4) is 0 Å². The van der Waals surface area contributed by atoms with Gasteiger partial charge in [0.25, 0.3) is 11.8 Å². The van der Waals surface area contributed by atoms with Crippen LogP contribution >= 0.6 is 15.9 Å². The summed E-state index contributed by atoms with van der Waals surface area (Å²) < 4.78 is 5.51. The molecule has 1 aromatic heterocycles. The van der Waals surface area contributed by atoms with E-state index in [1.807, 2.05) is 0 Å². The van der Waals surface area contributed by atoms with Gasteiger partial charge >= 0.3 is 0 Å². The molecular formula is C15H14BrN3O4. The summed E-state index contributed by atoms with van der Waals surface area (Å²) in [7, 11) is 1.52. The lowest BCUT2D eigenvalue weighted by molar-refractivity contribution is -0.115. The van der Waals surface area contributed by atoms with Crippen molar-refractivity contribution in [2.75, 3.05) is 18.9 Å².